The van der Waals surface area contributed by atoms with Gasteiger partial charge in [0.25, 0.3) is 0 Å². The van der Waals surface area contributed by atoms with Crippen LogP contribution in [-0.2, 0) is 20.4 Å². The largest absolute Gasteiger partial charge is 0.344 e. The monoisotopic (exact) mass is 316 g/mol. The fourth-order valence-corrected chi connectivity index (χ4v) is 3.51. The first kappa shape index (κ1) is 18.1. The molecule has 3 atom stereocenters. The molecule has 2 amide bonds. The second-order valence-electron chi connectivity index (χ2n) is 6.15. The molecule has 1 aliphatic heterocycles. The summed E-state index contributed by atoms with van der Waals surface area (Å²) in [7, 11) is -1.20. The van der Waals surface area contributed by atoms with Gasteiger partial charge in [0.2, 0.25) is 11.8 Å². The summed E-state index contributed by atoms with van der Waals surface area (Å²) in [4.78, 5) is 25.9. The molecule has 1 heterocycles. The number of hydrogen-bond acceptors (Lipinski definition) is 3. The molecule has 21 heavy (non-hydrogen) atoms. The zero-order valence-electron chi connectivity index (χ0n) is 13.6. The van der Waals surface area contributed by atoms with Crippen LogP contribution in [0.2, 0.25) is 0 Å². The van der Waals surface area contributed by atoms with Crippen molar-refractivity contribution in [3.63, 3.8) is 0 Å². The second-order valence-corrected chi connectivity index (χ2v) is 7.94. The Labute approximate surface area is 130 Å². The molecule has 0 saturated carbocycles. The summed E-state index contributed by atoms with van der Waals surface area (Å²) in [6.45, 7) is 9.11. The molecule has 0 aliphatic carbocycles. The first-order valence-electron chi connectivity index (χ1n) is 7.78. The van der Waals surface area contributed by atoms with E-state index in [1.165, 1.54) is 0 Å². The van der Waals surface area contributed by atoms with Crippen molar-refractivity contribution in [3.8, 4) is 0 Å². The van der Waals surface area contributed by atoms with Gasteiger partial charge in [-0.2, -0.15) is 0 Å². The molecule has 0 unspecified atom stereocenters. The van der Waals surface area contributed by atoms with Crippen molar-refractivity contribution in [1.82, 2.24) is 10.2 Å². The lowest BCUT2D eigenvalue weighted by Gasteiger charge is -2.29. The van der Waals surface area contributed by atoms with Gasteiger partial charge in [0, 0.05) is 29.1 Å². The molecule has 122 valence electrons. The van der Waals surface area contributed by atoms with E-state index in [4.69, 9.17) is 0 Å². The lowest BCUT2D eigenvalue weighted by atomic mass is 10.1. The van der Waals surface area contributed by atoms with Crippen LogP contribution in [0.5, 0.6) is 0 Å². The number of amides is 2. The highest BCUT2D eigenvalue weighted by Gasteiger charge is 2.25. The Hall–Kier alpha value is -0.910. The van der Waals surface area contributed by atoms with E-state index in [9.17, 15) is 13.8 Å². The molecule has 5 nitrogen and oxygen atoms in total. The number of piperidine rings is 1. The summed E-state index contributed by atoms with van der Waals surface area (Å²) in [5.74, 6) is -0.104. The Morgan fingerprint density at radius 1 is 1.10 bits per heavy atom. The molecule has 0 aromatic heterocycles. The van der Waals surface area contributed by atoms with Crippen molar-refractivity contribution in [3.05, 3.63) is 0 Å². The van der Waals surface area contributed by atoms with Gasteiger partial charge in [-0.15, -0.1) is 0 Å². The van der Waals surface area contributed by atoms with Crippen LogP contribution < -0.4 is 5.32 Å². The van der Waals surface area contributed by atoms with Gasteiger partial charge in [-0.25, -0.2) is 0 Å². The number of likely N-dealkylation sites (tertiary alicyclic amines) is 1. The highest BCUT2D eigenvalue weighted by atomic mass is 32.2. The lowest BCUT2D eigenvalue weighted by Crippen LogP contribution is -2.49. The summed E-state index contributed by atoms with van der Waals surface area (Å²) in [5, 5.41) is 2.65. The fraction of sp³-hybridized carbons (Fsp3) is 0.867. The molecule has 0 aromatic carbocycles. The highest BCUT2D eigenvalue weighted by Crippen LogP contribution is 2.11. The van der Waals surface area contributed by atoms with Crippen molar-refractivity contribution in [1.29, 1.82) is 0 Å². The summed E-state index contributed by atoms with van der Waals surface area (Å²) < 4.78 is 12.0. The van der Waals surface area contributed by atoms with E-state index >= 15 is 0 Å². The number of carbonyl (C=O) groups is 2. The van der Waals surface area contributed by atoms with E-state index in [2.05, 4.69) is 5.32 Å². The Bertz CT molecular complexity index is 392. The molecule has 1 aliphatic rings. The maximum Gasteiger partial charge on any atom is 0.244 e. The maximum absolute atomic E-state index is 12.2. The van der Waals surface area contributed by atoms with Crippen molar-refractivity contribution in [2.45, 2.75) is 58.2 Å². The van der Waals surface area contributed by atoms with Crippen molar-refractivity contribution < 1.29 is 13.8 Å². The third kappa shape index (κ3) is 5.77. The van der Waals surface area contributed by atoms with Crippen LogP contribution in [0.1, 0.15) is 47.0 Å². The third-order valence-electron chi connectivity index (χ3n) is 4.04. The van der Waals surface area contributed by atoms with Crippen LogP contribution in [0, 0.1) is 5.92 Å². The number of nitrogens with zero attached hydrogens (tertiary/aromatic N) is 1. The number of hydrogen-bond donors (Lipinski definition) is 1. The smallest absolute Gasteiger partial charge is 0.244 e. The van der Waals surface area contributed by atoms with Gasteiger partial charge in [-0.3, -0.25) is 13.8 Å². The lowest BCUT2D eigenvalue weighted by molar-refractivity contribution is -0.136. The molecular weight excluding hydrogens is 288 g/mol. The quantitative estimate of drug-likeness (QED) is 0.803. The van der Waals surface area contributed by atoms with Crippen molar-refractivity contribution in [2.75, 3.05) is 18.8 Å². The van der Waals surface area contributed by atoms with Crippen molar-refractivity contribution in [2.24, 2.45) is 5.92 Å². The van der Waals surface area contributed by atoms with E-state index in [1.807, 2.05) is 25.7 Å². The average Bonchev–Trinajstić information content (AvgIpc) is 2.46. The Morgan fingerprint density at radius 3 is 2.19 bits per heavy atom. The molecule has 6 heteroatoms. The van der Waals surface area contributed by atoms with Gasteiger partial charge in [0.15, 0.2) is 0 Å². The maximum atomic E-state index is 12.2. The van der Waals surface area contributed by atoms with Crippen LogP contribution in [0.25, 0.3) is 0 Å². The molecule has 0 radical (unpaired) electrons. The molecular formula is C15H28N2O3S. The standard InChI is InChI=1S/C15H28N2O3S/c1-11(2)13(4)21(20)10-14(18)16-12(3)15(19)17-8-6-5-7-9-17/h11-13H,5-10H2,1-4H3,(H,16,18)/t12-,13+,21+/m0/s1. The molecule has 0 aromatic rings. The van der Waals surface area contributed by atoms with Crippen LogP contribution >= 0.6 is 0 Å². The topological polar surface area (TPSA) is 66.5 Å². The Kier molecular flexibility index (Phi) is 7.35. The minimum atomic E-state index is -1.20. The molecule has 1 saturated heterocycles. The molecule has 1 fully saturated rings. The van der Waals surface area contributed by atoms with E-state index in [1.54, 1.807) is 6.92 Å². The van der Waals surface area contributed by atoms with Crippen LogP contribution in [0.3, 0.4) is 0 Å². The Morgan fingerprint density at radius 2 is 1.67 bits per heavy atom. The second kappa shape index (κ2) is 8.51. The van der Waals surface area contributed by atoms with Gasteiger partial charge < -0.3 is 10.2 Å². The van der Waals surface area contributed by atoms with E-state index in [0.717, 1.165) is 32.4 Å². The molecule has 1 rings (SSSR count). The predicted octanol–water partition coefficient (Wildman–Crippen LogP) is 1.30. The highest BCUT2D eigenvalue weighted by molar-refractivity contribution is 7.86. The predicted molar refractivity (Wildman–Crippen MR) is 85.3 cm³/mol. The minimum Gasteiger partial charge on any atom is -0.344 e. The van der Waals surface area contributed by atoms with E-state index in [-0.39, 0.29) is 28.7 Å². The average molecular weight is 316 g/mol. The number of rotatable bonds is 6. The number of carbonyl (C=O) groups excluding carboxylic acids is 2. The minimum absolute atomic E-state index is 0.0242. The summed E-state index contributed by atoms with van der Waals surface area (Å²) in [5.41, 5.74) is 0. The van der Waals surface area contributed by atoms with Gasteiger partial charge in [0.1, 0.15) is 11.8 Å². The zero-order chi connectivity index (χ0) is 16.0. The summed E-state index contributed by atoms with van der Waals surface area (Å²) in [6, 6.07) is -0.540. The summed E-state index contributed by atoms with van der Waals surface area (Å²) >= 11 is 0. The SMILES string of the molecule is CC(C)[C@@H](C)[S@](=O)CC(=O)N[C@@H](C)C(=O)N1CCCCC1. The fourth-order valence-electron chi connectivity index (χ4n) is 2.30. The van der Waals surface area contributed by atoms with Gasteiger partial charge in [0.05, 0.1) is 0 Å². The third-order valence-corrected chi connectivity index (χ3v) is 5.96. The normalized spacial score (nSPS) is 20.0. The van der Waals surface area contributed by atoms with Crippen molar-refractivity contribution >= 4 is 22.6 Å². The molecule has 1 N–H and O–H groups in total. The van der Waals surface area contributed by atoms with Crippen LogP contribution in [0.4, 0.5) is 0 Å². The molecule has 0 bridgehead atoms. The van der Waals surface area contributed by atoms with Gasteiger partial charge in [-0.05, 0) is 32.1 Å². The van der Waals surface area contributed by atoms with E-state index < -0.39 is 16.8 Å². The summed E-state index contributed by atoms with van der Waals surface area (Å²) in [6.07, 6.45) is 3.22. The number of nitrogens with one attached hydrogen (secondary N) is 1. The zero-order valence-corrected chi connectivity index (χ0v) is 14.4. The van der Waals surface area contributed by atoms with Crippen LogP contribution in [-0.4, -0.2) is 51.1 Å². The van der Waals surface area contributed by atoms with Gasteiger partial charge >= 0.3 is 0 Å². The van der Waals surface area contributed by atoms with E-state index in [0.29, 0.717) is 0 Å². The molecule has 0 spiro atoms. The van der Waals surface area contributed by atoms with Crippen LogP contribution in [0.15, 0.2) is 0 Å². The van der Waals surface area contributed by atoms with Gasteiger partial charge in [-0.1, -0.05) is 20.8 Å². The first-order chi connectivity index (χ1) is 9.82. The Balaban J connectivity index is 2.42. The first-order valence-corrected chi connectivity index (χ1v) is 9.16.